The Bertz CT molecular complexity index is 1000. The first-order valence-electron chi connectivity index (χ1n) is 8.84. The molecule has 0 saturated heterocycles. The van der Waals surface area contributed by atoms with Crippen LogP contribution in [0.25, 0.3) is 0 Å². The molecule has 3 rings (SSSR count). The highest BCUT2D eigenvalue weighted by molar-refractivity contribution is 9.11. The standard InChI is InChI=1S/C22H19Br2N3O2/c1-15-7-5-6-10-20(15)26-22(28)27-25-13-17-11-18(23)21(19(24)12-17)29-14-16-8-3-2-4-9-16/h2-13H,14H2,1H3,(H2,26,27,28). The lowest BCUT2D eigenvalue weighted by Gasteiger charge is -2.11. The van der Waals surface area contributed by atoms with Crippen LogP contribution in [-0.4, -0.2) is 12.2 Å². The summed E-state index contributed by atoms with van der Waals surface area (Å²) < 4.78 is 7.48. The molecule has 5 nitrogen and oxygen atoms in total. The van der Waals surface area contributed by atoms with Crippen LogP contribution in [0.15, 0.2) is 80.8 Å². The Morgan fingerprint density at radius 3 is 2.38 bits per heavy atom. The van der Waals surface area contributed by atoms with Gasteiger partial charge in [-0.05, 0) is 73.7 Å². The summed E-state index contributed by atoms with van der Waals surface area (Å²) >= 11 is 7.06. The Labute approximate surface area is 186 Å². The summed E-state index contributed by atoms with van der Waals surface area (Å²) in [5.41, 5.74) is 6.07. The first-order valence-corrected chi connectivity index (χ1v) is 10.4. The van der Waals surface area contributed by atoms with Crippen molar-refractivity contribution in [2.75, 3.05) is 5.32 Å². The Morgan fingerprint density at radius 1 is 1.03 bits per heavy atom. The van der Waals surface area contributed by atoms with E-state index in [1.165, 1.54) is 0 Å². The number of urea groups is 1. The van der Waals surface area contributed by atoms with Gasteiger partial charge in [-0.2, -0.15) is 5.10 Å². The van der Waals surface area contributed by atoms with Crippen LogP contribution in [0.3, 0.4) is 0 Å². The van der Waals surface area contributed by atoms with Gasteiger partial charge in [0.2, 0.25) is 0 Å². The summed E-state index contributed by atoms with van der Waals surface area (Å²) in [5.74, 6) is 0.705. The maximum atomic E-state index is 12.0. The van der Waals surface area contributed by atoms with E-state index in [9.17, 15) is 4.79 Å². The molecule has 0 spiro atoms. The molecule has 0 unspecified atom stereocenters. The van der Waals surface area contributed by atoms with Crippen molar-refractivity contribution >= 4 is 49.8 Å². The first-order chi connectivity index (χ1) is 14.0. The second kappa shape index (κ2) is 10.2. The van der Waals surface area contributed by atoms with Crippen molar-refractivity contribution in [1.82, 2.24) is 5.43 Å². The Balaban J connectivity index is 1.59. The van der Waals surface area contributed by atoms with E-state index in [1.807, 2.05) is 73.7 Å². The molecule has 0 aliphatic heterocycles. The zero-order valence-corrected chi connectivity index (χ0v) is 18.8. The molecule has 0 fully saturated rings. The van der Waals surface area contributed by atoms with Gasteiger partial charge in [-0.3, -0.25) is 0 Å². The Morgan fingerprint density at radius 2 is 1.69 bits per heavy atom. The van der Waals surface area contributed by atoms with Gasteiger partial charge in [-0.25, -0.2) is 10.2 Å². The van der Waals surface area contributed by atoms with Gasteiger partial charge in [0.1, 0.15) is 12.4 Å². The van der Waals surface area contributed by atoms with E-state index in [0.717, 1.165) is 31.3 Å². The van der Waals surface area contributed by atoms with Crippen LogP contribution in [0.2, 0.25) is 0 Å². The van der Waals surface area contributed by atoms with Gasteiger partial charge in [0.05, 0.1) is 15.2 Å². The molecule has 0 saturated carbocycles. The van der Waals surface area contributed by atoms with Crippen molar-refractivity contribution < 1.29 is 9.53 Å². The number of rotatable bonds is 6. The van der Waals surface area contributed by atoms with Crippen molar-refractivity contribution in [2.24, 2.45) is 5.10 Å². The minimum atomic E-state index is -0.406. The van der Waals surface area contributed by atoms with Crippen LogP contribution in [0, 0.1) is 6.92 Å². The largest absolute Gasteiger partial charge is 0.487 e. The lowest BCUT2D eigenvalue weighted by atomic mass is 10.2. The molecule has 7 heteroatoms. The van der Waals surface area contributed by atoms with Crippen molar-refractivity contribution in [2.45, 2.75) is 13.5 Å². The fourth-order valence-electron chi connectivity index (χ4n) is 2.55. The number of nitrogens with zero attached hydrogens (tertiary/aromatic N) is 1. The molecular formula is C22H19Br2N3O2. The molecule has 0 aliphatic rings. The van der Waals surface area contributed by atoms with Crippen molar-refractivity contribution in [1.29, 1.82) is 0 Å². The third-order valence-electron chi connectivity index (χ3n) is 4.02. The highest BCUT2D eigenvalue weighted by Crippen LogP contribution is 2.35. The fraction of sp³-hybridized carbons (Fsp3) is 0.0909. The number of hydrogen-bond acceptors (Lipinski definition) is 3. The highest BCUT2D eigenvalue weighted by atomic mass is 79.9. The number of nitrogens with one attached hydrogen (secondary N) is 2. The Hall–Kier alpha value is -2.64. The number of carbonyl (C=O) groups excluding carboxylic acids is 1. The second-order valence-corrected chi connectivity index (χ2v) is 7.94. The summed E-state index contributed by atoms with van der Waals surface area (Å²) in [7, 11) is 0. The minimum Gasteiger partial charge on any atom is -0.487 e. The molecule has 0 aliphatic carbocycles. The second-order valence-electron chi connectivity index (χ2n) is 6.23. The van der Waals surface area contributed by atoms with Crippen LogP contribution < -0.4 is 15.5 Å². The number of ether oxygens (including phenoxy) is 1. The SMILES string of the molecule is Cc1ccccc1NC(=O)NN=Cc1cc(Br)c(OCc2ccccc2)c(Br)c1. The van der Waals surface area contributed by atoms with Crippen molar-refractivity contribution in [3.8, 4) is 5.75 Å². The van der Waals surface area contributed by atoms with Gasteiger partial charge in [0.25, 0.3) is 0 Å². The zero-order valence-electron chi connectivity index (χ0n) is 15.7. The van der Waals surface area contributed by atoms with Gasteiger partial charge in [0, 0.05) is 5.69 Å². The van der Waals surface area contributed by atoms with Crippen molar-refractivity contribution in [3.05, 3.63) is 92.4 Å². The van der Waals surface area contributed by atoms with Crippen molar-refractivity contribution in [3.63, 3.8) is 0 Å². The van der Waals surface area contributed by atoms with Gasteiger partial charge < -0.3 is 10.1 Å². The predicted molar refractivity (Wildman–Crippen MR) is 124 cm³/mol. The third-order valence-corrected chi connectivity index (χ3v) is 5.20. The number of benzene rings is 3. The van der Waals surface area contributed by atoms with E-state index in [1.54, 1.807) is 6.21 Å². The smallest absolute Gasteiger partial charge is 0.339 e. The molecule has 2 N–H and O–H groups in total. The summed E-state index contributed by atoms with van der Waals surface area (Å²) in [5, 5.41) is 6.76. The van der Waals surface area contributed by atoms with Crippen LogP contribution in [0.4, 0.5) is 10.5 Å². The van der Waals surface area contributed by atoms with Gasteiger partial charge in [-0.15, -0.1) is 0 Å². The fourth-order valence-corrected chi connectivity index (χ4v) is 4.00. The molecule has 0 bridgehead atoms. The van der Waals surface area contributed by atoms with Crippen LogP contribution in [0.5, 0.6) is 5.75 Å². The molecule has 3 aromatic carbocycles. The van der Waals surface area contributed by atoms with Crippen LogP contribution in [-0.2, 0) is 6.61 Å². The number of carbonyl (C=O) groups is 1. The number of amides is 2. The molecule has 0 heterocycles. The molecule has 0 aromatic heterocycles. The maximum Gasteiger partial charge on any atom is 0.339 e. The van der Waals surface area contributed by atoms with Crippen LogP contribution in [0.1, 0.15) is 16.7 Å². The lowest BCUT2D eigenvalue weighted by Crippen LogP contribution is -2.24. The normalized spacial score (nSPS) is 10.7. The summed E-state index contributed by atoms with van der Waals surface area (Å²) in [6.45, 7) is 2.39. The molecular weight excluding hydrogens is 498 g/mol. The van der Waals surface area contributed by atoms with E-state index in [-0.39, 0.29) is 0 Å². The predicted octanol–water partition coefficient (Wildman–Crippen LogP) is 6.25. The molecule has 3 aromatic rings. The van der Waals surface area contributed by atoms with E-state index in [2.05, 4.69) is 47.7 Å². The van der Waals surface area contributed by atoms with E-state index in [4.69, 9.17) is 4.74 Å². The number of halogens is 2. The molecule has 29 heavy (non-hydrogen) atoms. The molecule has 0 radical (unpaired) electrons. The summed E-state index contributed by atoms with van der Waals surface area (Å²) in [6.07, 6.45) is 1.56. The molecule has 2 amide bonds. The topological polar surface area (TPSA) is 62.7 Å². The molecule has 148 valence electrons. The van der Waals surface area contributed by atoms with Gasteiger partial charge >= 0.3 is 6.03 Å². The minimum absolute atomic E-state index is 0.406. The maximum absolute atomic E-state index is 12.0. The number of aryl methyl sites for hydroxylation is 1. The van der Waals surface area contributed by atoms with Gasteiger partial charge in [0.15, 0.2) is 0 Å². The van der Waals surface area contributed by atoms with Gasteiger partial charge in [-0.1, -0.05) is 48.5 Å². The quantitative estimate of drug-likeness (QED) is 0.300. The zero-order chi connectivity index (χ0) is 20.6. The average molecular weight is 517 g/mol. The summed E-state index contributed by atoms with van der Waals surface area (Å²) in [6, 6.07) is 20.8. The monoisotopic (exact) mass is 515 g/mol. The number of para-hydroxylation sites is 1. The van der Waals surface area contributed by atoms with E-state index in [0.29, 0.717) is 12.4 Å². The number of hydrogen-bond donors (Lipinski definition) is 2. The Kier molecular flexibility index (Phi) is 7.43. The van der Waals surface area contributed by atoms with Crippen LogP contribution >= 0.6 is 31.9 Å². The highest BCUT2D eigenvalue weighted by Gasteiger charge is 2.09. The van der Waals surface area contributed by atoms with E-state index >= 15 is 0 Å². The number of anilines is 1. The lowest BCUT2D eigenvalue weighted by molar-refractivity contribution is 0.252. The first kappa shape index (κ1) is 21.1. The third kappa shape index (κ3) is 6.17. The van der Waals surface area contributed by atoms with E-state index < -0.39 is 6.03 Å². The molecule has 0 atom stereocenters. The average Bonchev–Trinajstić information content (AvgIpc) is 2.70. The summed E-state index contributed by atoms with van der Waals surface area (Å²) in [4.78, 5) is 12.0. The number of hydrazone groups is 1.